The van der Waals surface area contributed by atoms with Crippen molar-refractivity contribution in [3.8, 4) is 0 Å². The second kappa shape index (κ2) is 3.75. The Bertz CT molecular complexity index is 143. The lowest BCUT2D eigenvalue weighted by atomic mass is 9.74. The molecule has 1 unspecified atom stereocenters. The zero-order chi connectivity index (χ0) is 9.19. The first-order valence-corrected chi connectivity index (χ1v) is 4.89. The summed E-state index contributed by atoms with van der Waals surface area (Å²) in [5.41, 5.74) is 0.482. The van der Waals surface area contributed by atoms with E-state index < -0.39 is 0 Å². The molecule has 2 heteroatoms. The molecule has 0 amide bonds. The van der Waals surface area contributed by atoms with Gasteiger partial charge in [-0.05, 0) is 44.9 Å². The molecule has 0 bridgehead atoms. The van der Waals surface area contributed by atoms with Crippen molar-refractivity contribution in [2.24, 2.45) is 11.3 Å². The monoisotopic (exact) mass is 170 g/mol. The van der Waals surface area contributed by atoms with Crippen molar-refractivity contribution < 1.29 is 0 Å². The Hall–Kier alpha value is -0.0800. The summed E-state index contributed by atoms with van der Waals surface area (Å²) in [5, 5.41) is 3.29. The van der Waals surface area contributed by atoms with Gasteiger partial charge in [0.25, 0.3) is 0 Å². The highest BCUT2D eigenvalue weighted by Crippen LogP contribution is 2.33. The van der Waals surface area contributed by atoms with E-state index in [4.69, 9.17) is 0 Å². The minimum atomic E-state index is 0.482. The Kier molecular flexibility index (Phi) is 3.13. The standard InChI is InChI=1S/C10H22N2/c1-10(2)8-12(4)6-5-9(10)7-11-3/h9,11H,5-8H2,1-4H3. The van der Waals surface area contributed by atoms with Crippen LogP contribution in [0, 0.1) is 11.3 Å². The van der Waals surface area contributed by atoms with E-state index in [9.17, 15) is 0 Å². The summed E-state index contributed by atoms with van der Waals surface area (Å²) in [4.78, 5) is 2.44. The van der Waals surface area contributed by atoms with Crippen LogP contribution in [0.3, 0.4) is 0 Å². The molecule has 1 rings (SSSR count). The van der Waals surface area contributed by atoms with Gasteiger partial charge in [0, 0.05) is 6.54 Å². The predicted octanol–water partition coefficient (Wildman–Crippen LogP) is 1.18. The van der Waals surface area contributed by atoms with Gasteiger partial charge in [-0.15, -0.1) is 0 Å². The van der Waals surface area contributed by atoms with Crippen molar-refractivity contribution in [1.29, 1.82) is 0 Å². The Balaban J connectivity index is 2.51. The predicted molar refractivity (Wildman–Crippen MR) is 53.3 cm³/mol. The summed E-state index contributed by atoms with van der Waals surface area (Å²) >= 11 is 0. The second-order valence-electron chi connectivity index (χ2n) is 4.77. The number of nitrogens with zero attached hydrogens (tertiary/aromatic N) is 1. The zero-order valence-electron chi connectivity index (χ0n) is 8.85. The number of likely N-dealkylation sites (tertiary alicyclic amines) is 1. The lowest BCUT2D eigenvalue weighted by Gasteiger charge is -2.43. The lowest BCUT2D eigenvalue weighted by Crippen LogP contribution is -2.46. The average molecular weight is 170 g/mol. The van der Waals surface area contributed by atoms with Gasteiger partial charge in [-0.25, -0.2) is 0 Å². The maximum absolute atomic E-state index is 3.29. The molecule has 12 heavy (non-hydrogen) atoms. The topological polar surface area (TPSA) is 15.3 Å². The van der Waals surface area contributed by atoms with E-state index in [0.717, 1.165) is 5.92 Å². The third kappa shape index (κ3) is 2.20. The van der Waals surface area contributed by atoms with Crippen LogP contribution in [-0.4, -0.2) is 38.6 Å². The first-order chi connectivity index (χ1) is 5.56. The van der Waals surface area contributed by atoms with Crippen molar-refractivity contribution in [1.82, 2.24) is 10.2 Å². The van der Waals surface area contributed by atoms with Crippen LogP contribution in [0.2, 0.25) is 0 Å². The lowest BCUT2D eigenvalue weighted by molar-refractivity contribution is 0.0728. The van der Waals surface area contributed by atoms with Crippen LogP contribution in [0.1, 0.15) is 20.3 Å². The van der Waals surface area contributed by atoms with Gasteiger partial charge in [0.2, 0.25) is 0 Å². The highest BCUT2D eigenvalue weighted by Gasteiger charge is 2.33. The van der Waals surface area contributed by atoms with Crippen LogP contribution in [0.4, 0.5) is 0 Å². The third-order valence-electron chi connectivity index (χ3n) is 3.09. The van der Waals surface area contributed by atoms with Crippen molar-refractivity contribution in [3.63, 3.8) is 0 Å². The number of rotatable bonds is 2. The van der Waals surface area contributed by atoms with Gasteiger partial charge in [-0.2, -0.15) is 0 Å². The molecule has 1 saturated heterocycles. The molecular weight excluding hydrogens is 148 g/mol. The Labute approximate surface area is 76.3 Å². The van der Waals surface area contributed by atoms with Crippen molar-refractivity contribution in [2.75, 3.05) is 33.7 Å². The van der Waals surface area contributed by atoms with Crippen molar-refractivity contribution in [3.05, 3.63) is 0 Å². The second-order valence-corrected chi connectivity index (χ2v) is 4.77. The maximum Gasteiger partial charge on any atom is 0.00328 e. The Morgan fingerprint density at radius 2 is 2.17 bits per heavy atom. The summed E-state index contributed by atoms with van der Waals surface area (Å²) in [6.07, 6.45) is 1.34. The fraction of sp³-hybridized carbons (Fsp3) is 1.00. The average Bonchev–Trinajstić information content (AvgIpc) is 1.94. The summed E-state index contributed by atoms with van der Waals surface area (Å²) < 4.78 is 0. The van der Waals surface area contributed by atoms with Crippen molar-refractivity contribution in [2.45, 2.75) is 20.3 Å². The highest BCUT2D eigenvalue weighted by molar-refractivity contribution is 4.86. The molecule has 1 aliphatic heterocycles. The van der Waals surface area contributed by atoms with Crippen LogP contribution in [-0.2, 0) is 0 Å². The van der Waals surface area contributed by atoms with E-state index in [-0.39, 0.29) is 0 Å². The highest BCUT2D eigenvalue weighted by atomic mass is 15.1. The molecule has 0 aliphatic carbocycles. The van der Waals surface area contributed by atoms with Gasteiger partial charge >= 0.3 is 0 Å². The molecule has 1 heterocycles. The molecule has 1 N–H and O–H groups in total. The molecule has 0 aromatic rings. The molecule has 1 aliphatic rings. The molecule has 0 aromatic heterocycles. The molecule has 2 nitrogen and oxygen atoms in total. The first-order valence-electron chi connectivity index (χ1n) is 4.89. The first kappa shape index (κ1) is 10.0. The normalized spacial score (nSPS) is 30.5. The summed E-state index contributed by atoms with van der Waals surface area (Å²) in [6.45, 7) is 8.42. The van der Waals surface area contributed by atoms with Crippen LogP contribution < -0.4 is 5.32 Å². The van der Waals surface area contributed by atoms with Crippen molar-refractivity contribution >= 4 is 0 Å². The fourth-order valence-electron chi connectivity index (χ4n) is 2.30. The van der Waals surface area contributed by atoms with Gasteiger partial charge in [0.15, 0.2) is 0 Å². The molecule has 0 radical (unpaired) electrons. The van der Waals surface area contributed by atoms with E-state index in [1.165, 1.54) is 26.1 Å². The van der Waals surface area contributed by atoms with Crippen LogP contribution in [0.5, 0.6) is 0 Å². The molecule has 0 saturated carbocycles. The number of piperidine rings is 1. The van der Waals surface area contributed by atoms with Gasteiger partial charge in [0.1, 0.15) is 0 Å². The third-order valence-corrected chi connectivity index (χ3v) is 3.09. The van der Waals surface area contributed by atoms with E-state index in [2.05, 4.69) is 38.2 Å². The smallest absolute Gasteiger partial charge is 0.00328 e. The van der Waals surface area contributed by atoms with Crippen LogP contribution in [0.15, 0.2) is 0 Å². The van der Waals surface area contributed by atoms with Gasteiger partial charge in [0.05, 0.1) is 0 Å². The summed E-state index contributed by atoms with van der Waals surface area (Å²) in [5.74, 6) is 0.846. The summed E-state index contributed by atoms with van der Waals surface area (Å²) in [7, 11) is 4.27. The quantitative estimate of drug-likeness (QED) is 0.669. The van der Waals surface area contributed by atoms with Crippen LogP contribution >= 0.6 is 0 Å². The number of hydrogen-bond donors (Lipinski definition) is 1. The Morgan fingerprint density at radius 1 is 1.50 bits per heavy atom. The van der Waals surface area contributed by atoms with Gasteiger partial charge < -0.3 is 10.2 Å². The maximum atomic E-state index is 3.29. The molecule has 0 spiro atoms. The molecule has 1 atom stereocenters. The van der Waals surface area contributed by atoms with E-state index in [1.807, 2.05) is 0 Å². The largest absolute Gasteiger partial charge is 0.319 e. The fourth-order valence-corrected chi connectivity index (χ4v) is 2.30. The minimum absolute atomic E-state index is 0.482. The van der Waals surface area contributed by atoms with E-state index in [0.29, 0.717) is 5.41 Å². The Morgan fingerprint density at radius 3 is 2.67 bits per heavy atom. The van der Waals surface area contributed by atoms with E-state index in [1.54, 1.807) is 0 Å². The molecule has 0 aromatic carbocycles. The minimum Gasteiger partial charge on any atom is -0.319 e. The van der Waals surface area contributed by atoms with E-state index >= 15 is 0 Å². The van der Waals surface area contributed by atoms with Gasteiger partial charge in [-0.1, -0.05) is 13.8 Å². The molecular formula is C10H22N2. The van der Waals surface area contributed by atoms with Gasteiger partial charge in [-0.3, -0.25) is 0 Å². The van der Waals surface area contributed by atoms with Crippen LogP contribution in [0.25, 0.3) is 0 Å². The SMILES string of the molecule is CNCC1CCN(C)CC1(C)C. The molecule has 72 valence electrons. The molecule has 1 fully saturated rings. The zero-order valence-corrected chi connectivity index (χ0v) is 8.85. The number of hydrogen-bond acceptors (Lipinski definition) is 2. The summed E-state index contributed by atoms with van der Waals surface area (Å²) in [6, 6.07) is 0. The number of nitrogens with one attached hydrogen (secondary N) is 1.